The van der Waals surface area contributed by atoms with E-state index < -0.39 is 5.97 Å². The third kappa shape index (κ3) is 3.08. The van der Waals surface area contributed by atoms with Gasteiger partial charge in [-0.1, -0.05) is 31.4 Å². The summed E-state index contributed by atoms with van der Waals surface area (Å²) in [5.74, 6) is -0.670. The van der Waals surface area contributed by atoms with Gasteiger partial charge in [0, 0.05) is 4.90 Å². The summed E-state index contributed by atoms with van der Waals surface area (Å²) in [5, 5.41) is 9.50. The van der Waals surface area contributed by atoms with E-state index in [1.54, 1.807) is 11.8 Å². The molecule has 18 heavy (non-hydrogen) atoms. The van der Waals surface area contributed by atoms with E-state index in [1.807, 2.05) is 30.5 Å². The van der Waals surface area contributed by atoms with Gasteiger partial charge in [0.15, 0.2) is 0 Å². The summed E-state index contributed by atoms with van der Waals surface area (Å²) in [6.45, 7) is 0. The number of rotatable bonds is 4. The van der Waals surface area contributed by atoms with Crippen LogP contribution in [-0.4, -0.2) is 17.3 Å². The van der Waals surface area contributed by atoms with Crippen LogP contribution >= 0.6 is 11.8 Å². The van der Waals surface area contributed by atoms with Crippen LogP contribution in [0.15, 0.2) is 29.2 Å². The standard InChI is InChI=1S/C15H20O2S/c1-18-13-9-7-12(8-10-13)14(15(16)17)11-5-3-2-4-6-11/h7-11,14H,2-6H2,1H3,(H,16,17). The molecule has 0 spiro atoms. The third-order valence-electron chi connectivity index (χ3n) is 3.86. The lowest BCUT2D eigenvalue weighted by Crippen LogP contribution is -2.23. The first-order valence-electron chi connectivity index (χ1n) is 6.59. The van der Waals surface area contributed by atoms with Crippen LogP contribution in [0, 0.1) is 5.92 Å². The van der Waals surface area contributed by atoms with Crippen LogP contribution in [0.25, 0.3) is 0 Å². The molecule has 0 amide bonds. The molecule has 1 aromatic carbocycles. The number of aliphatic carboxylic acids is 1. The molecule has 1 aliphatic carbocycles. The van der Waals surface area contributed by atoms with Crippen LogP contribution in [0.1, 0.15) is 43.6 Å². The number of benzene rings is 1. The molecule has 1 N–H and O–H groups in total. The van der Waals surface area contributed by atoms with E-state index in [0.29, 0.717) is 5.92 Å². The van der Waals surface area contributed by atoms with Crippen molar-refractivity contribution in [2.75, 3.05) is 6.26 Å². The van der Waals surface area contributed by atoms with Crippen molar-refractivity contribution >= 4 is 17.7 Å². The SMILES string of the molecule is CSc1ccc(C(C(=O)O)C2CCCCC2)cc1. The fourth-order valence-corrected chi connectivity index (χ4v) is 3.30. The van der Waals surface area contributed by atoms with Gasteiger partial charge in [-0.05, 0) is 42.7 Å². The quantitative estimate of drug-likeness (QED) is 0.830. The Hall–Kier alpha value is -0.960. The summed E-state index contributed by atoms with van der Waals surface area (Å²) in [4.78, 5) is 12.7. The molecule has 1 aliphatic rings. The molecule has 3 heteroatoms. The summed E-state index contributed by atoms with van der Waals surface area (Å²) < 4.78 is 0. The first kappa shape index (κ1) is 13.5. The van der Waals surface area contributed by atoms with Gasteiger partial charge in [-0.2, -0.15) is 0 Å². The molecular formula is C15H20O2S. The maximum absolute atomic E-state index is 11.5. The average molecular weight is 264 g/mol. The molecule has 1 atom stereocenters. The molecule has 2 nitrogen and oxygen atoms in total. The Balaban J connectivity index is 2.20. The van der Waals surface area contributed by atoms with Crippen molar-refractivity contribution in [2.24, 2.45) is 5.92 Å². The van der Waals surface area contributed by atoms with E-state index in [4.69, 9.17) is 0 Å². The van der Waals surface area contributed by atoms with Gasteiger partial charge in [0.1, 0.15) is 0 Å². The smallest absolute Gasteiger partial charge is 0.311 e. The van der Waals surface area contributed by atoms with Crippen molar-refractivity contribution < 1.29 is 9.90 Å². The lowest BCUT2D eigenvalue weighted by atomic mass is 9.77. The van der Waals surface area contributed by atoms with E-state index in [0.717, 1.165) is 18.4 Å². The van der Waals surface area contributed by atoms with Crippen molar-refractivity contribution in [3.63, 3.8) is 0 Å². The Bertz CT molecular complexity index is 393. The van der Waals surface area contributed by atoms with Crippen LogP contribution in [0.5, 0.6) is 0 Å². The Labute approximate surface area is 113 Å². The highest BCUT2D eigenvalue weighted by Gasteiger charge is 2.30. The topological polar surface area (TPSA) is 37.3 Å². The van der Waals surface area contributed by atoms with Crippen molar-refractivity contribution in [1.29, 1.82) is 0 Å². The second kappa shape index (κ2) is 6.28. The summed E-state index contributed by atoms with van der Waals surface area (Å²) in [6.07, 6.45) is 7.76. The molecule has 1 unspecified atom stereocenters. The van der Waals surface area contributed by atoms with Gasteiger partial charge in [0.25, 0.3) is 0 Å². The van der Waals surface area contributed by atoms with Crippen LogP contribution in [0.4, 0.5) is 0 Å². The van der Waals surface area contributed by atoms with Crippen LogP contribution in [-0.2, 0) is 4.79 Å². The van der Waals surface area contributed by atoms with Crippen LogP contribution in [0.3, 0.4) is 0 Å². The number of hydrogen-bond donors (Lipinski definition) is 1. The van der Waals surface area contributed by atoms with Crippen molar-refractivity contribution in [3.8, 4) is 0 Å². The second-order valence-corrected chi connectivity index (χ2v) is 5.87. The highest BCUT2D eigenvalue weighted by atomic mass is 32.2. The second-order valence-electron chi connectivity index (χ2n) is 4.99. The van der Waals surface area contributed by atoms with Crippen molar-refractivity contribution in [2.45, 2.75) is 42.9 Å². The average Bonchev–Trinajstić information content (AvgIpc) is 2.40. The number of thioether (sulfide) groups is 1. The minimum atomic E-state index is -0.668. The number of carboxylic acid groups (broad SMARTS) is 1. The van der Waals surface area contributed by atoms with Gasteiger partial charge in [0.2, 0.25) is 0 Å². The molecule has 0 heterocycles. The minimum absolute atomic E-state index is 0.316. The van der Waals surface area contributed by atoms with Gasteiger partial charge >= 0.3 is 5.97 Å². The molecule has 1 saturated carbocycles. The maximum Gasteiger partial charge on any atom is 0.311 e. The van der Waals surface area contributed by atoms with Crippen molar-refractivity contribution in [3.05, 3.63) is 29.8 Å². The molecule has 1 aromatic rings. The third-order valence-corrected chi connectivity index (χ3v) is 4.61. The minimum Gasteiger partial charge on any atom is -0.481 e. The number of hydrogen-bond acceptors (Lipinski definition) is 2. The van der Waals surface area contributed by atoms with E-state index in [9.17, 15) is 9.90 Å². The zero-order valence-corrected chi connectivity index (χ0v) is 11.6. The largest absolute Gasteiger partial charge is 0.481 e. The molecule has 98 valence electrons. The fourth-order valence-electron chi connectivity index (χ4n) is 2.90. The predicted octanol–water partition coefficient (Wildman–Crippen LogP) is 4.16. The zero-order valence-electron chi connectivity index (χ0n) is 10.8. The zero-order chi connectivity index (χ0) is 13.0. The molecule has 1 fully saturated rings. The highest BCUT2D eigenvalue weighted by molar-refractivity contribution is 7.98. The summed E-state index contributed by atoms with van der Waals surface area (Å²) >= 11 is 1.69. The molecule has 0 aliphatic heterocycles. The summed E-state index contributed by atoms with van der Waals surface area (Å²) in [7, 11) is 0. The maximum atomic E-state index is 11.5. The van der Waals surface area contributed by atoms with E-state index in [2.05, 4.69) is 0 Å². The van der Waals surface area contributed by atoms with E-state index >= 15 is 0 Å². The highest BCUT2D eigenvalue weighted by Crippen LogP contribution is 2.36. The first-order valence-corrected chi connectivity index (χ1v) is 7.81. The van der Waals surface area contributed by atoms with Gasteiger partial charge in [-0.15, -0.1) is 11.8 Å². The number of carboxylic acids is 1. The van der Waals surface area contributed by atoms with E-state index in [1.165, 1.54) is 24.2 Å². The van der Waals surface area contributed by atoms with Gasteiger partial charge in [-0.3, -0.25) is 4.79 Å². The summed E-state index contributed by atoms with van der Waals surface area (Å²) in [5.41, 5.74) is 0.965. The molecule has 0 radical (unpaired) electrons. The van der Waals surface area contributed by atoms with Crippen LogP contribution < -0.4 is 0 Å². The first-order chi connectivity index (χ1) is 8.72. The summed E-state index contributed by atoms with van der Waals surface area (Å²) in [6, 6.07) is 8.02. The van der Waals surface area contributed by atoms with Gasteiger partial charge in [0.05, 0.1) is 5.92 Å². The Morgan fingerprint density at radius 3 is 2.33 bits per heavy atom. The molecule has 2 rings (SSSR count). The van der Waals surface area contributed by atoms with Gasteiger partial charge < -0.3 is 5.11 Å². The lowest BCUT2D eigenvalue weighted by Gasteiger charge is -2.27. The van der Waals surface area contributed by atoms with Crippen molar-refractivity contribution in [1.82, 2.24) is 0 Å². The van der Waals surface area contributed by atoms with Gasteiger partial charge in [-0.25, -0.2) is 0 Å². The Morgan fingerprint density at radius 1 is 1.22 bits per heavy atom. The van der Waals surface area contributed by atoms with Crippen LogP contribution in [0.2, 0.25) is 0 Å². The normalized spacial score (nSPS) is 18.5. The number of carbonyl (C=O) groups is 1. The monoisotopic (exact) mass is 264 g/mol. The molecule has 0 aromatic heterocycles. The molecule has 0 bridgehead atoms. The lowest BCUT2D eigenvalue weighted by molar-refractivity contribution is -0.140. The Kier molecular flexibility index (Phi) is 4.70. The fraction of sp³-hybridized carbons (Fsp3) is 0.533. The van der Waals surface area contributed by atoms with E-state index in [-0.39, 0.29) is 5.92 Å². The molecule has 0 saturated heterocycles. The molecular weight excluding hydrogens is 244 g/mol. The Morgan fingerprint density at radius 2 is 1.83 bits per heavy atom. The predicted molar refractivity (Wildman–Crippen MR) is 75.2 cm³/mol.